The summed E-state index contributed by atoms with van der Waals surface area (Å²) in [6.07, 6.45) is 3.81. The molecule has 0 aliphatic carbocycles. The molecule has 0 saturated carbocycles. The van der Waals surface area contributed by atoms with Gasteiger partial charge in [-0.1, -0.05) is 24.3 Å². The van der Waals surface area contributed by atoms with Crippen LogP contribution in [0.4, 0.5) is 0 Å². The minimum atomic E-state index is -0.249. The van der Waals surface area contributed by atoms with E-state index in [-0.39, 0.29) is 17.7 Å². The summed E-state index contributed by atoms with van der Waals surface area (Å²) >= 11 is 0. The van der Waals surface area contributed by atoms with Crippen molar-refractivity contribution >= 4 is 11.8 Å². The summed E-state index contributed by atoms with van der Waals surface area (Å²) < 4.78 is 0. The van der Waals surface area contributed by atoms with Gasteiger partial charge >= 0.3 is 0 Å². The van der Waals surface area contributed by atoms with Gasteiger partial charge in [0.15, 0.2) is 0 Å². The Labute approximate surface area is 135 Å². The highest BCUT2D eigenvalue weighted by Gasteiger charge is 2.31. The normalized spacial score (nSPS) is 17.3. The predicted molar refractivity (Wildman–Crippen MR) is 87.3 cm³/mol. The van der Waals surface area contributed by atoms with E-state index in [1.165, 1.54) is 0 Å². The zero-order chi connectivity index (χ0) is 16.2. The maximum atomic E-state index is 12.3. The van der Waals surface area contributed by atoms with E-state index in [1.807, 2.05) is 36.4 Å². The van der Waals surface area contributed by atoms with Crippen molar-refractivity contribution in [1.29, 1.82) is 0 Å². The lowest BCUT2D eigenvalue weighted by Gasteiger charge is -2.13. The van der Waals surface area contributed by atoms with Crippen molar-refractivity contribution in [1.82, 2.24) is 15.2 Å². The molecule has 5 heteroatoms. The fraction of sp³-hybridized carbons (Fsp3) is 0.278. The average Bonchev–Trinajstić information content (AvgIpc) is 2.93. The van der Waals surface area contributed by atoms with Crippen LogP contribution in [0.5, 0.6) is 0 Å². The number of carbonyl (C=O) groups is 2. The first kappa shape index (κ1) is 15.2. The Balaban J connectivity index is 1.70. The fourth-order valence-corrected chi connectivity index (χ4v) is 2.85. The second-order valence-electron chi connectivity index (χ2n) is 5.79. The van der Waals surface area contributed by atoms with Crippen LogP contribution in [0.2, 0.25) is 0 Å². The lowest BCUT2D eigenvalue weighted by molar-refractivity contribution is -0.128. The van der Waals surface area contributed by atoms with Crippen LogP contribution < -0.4 is 5.32 Å². The molecular weight excluding hydrogens is 290 g/mol. The smallest absolute Gasteiger partial charge is 0.225 e. The first-order valence-electron chi connectivity index (χ1n) is 7.65. The molecule has 1 aromatic carbocycles. The van der Waals surface area contributed by atoms with E-state index in [0.29, 0.717) is 19.5 Å². The summed E-state index contributed by atoms with van der Waals surface area (Å²) in [7, 11) is 1.73. The summed E-state index contributed by atoms with van der Waals surface area (Å²) in [5.74, 6) is -0.282. The van der Waals surface area contributed by atoms with Crippen LogP contribution in [0.25, 0.3) is 11.1 Å². The van der Waals surface area contributed by atoms with E-state index in [0.717, 1.165) is 16.7 Å². The van der Waals surface area contributed by atoms with Crippen molar-refractivity contribution in [2.24, 2.45) is 5.92 Å². The van der Waals surface area contributed by atoms with Gasteiger partial charge in [0.1, 0.15) is 0 Å². The van der Waals surface area contributed by atoms with Crippen LogP contribution >= 0.6 is 0 Å². The van der Waals surface area contributed by atoms with Crippen molar-refractivity contribution in [3.05, 3.63) is 54.4 Å². The quantitative estimate of drug-likeness (QED) is 0.937. The number of amides is 2. The van der Waals surface area contributed by atoms with Gasteiger partial charge in [0, 0.05) is 39.0 Å². The standard InChI is InChI=1S/C18H19N3O2/c1-21-12-15(10-17(21)22)18(23)20-11-14-4-2-3-5-16(14)13-6-8-19-9-7-13/h2-9,15H,10-12H2,1H3,(H,20,23). The topological polar surface area (TPSA) is 62.3 Å². The van der Waals surface area contributed by atoms with Gasteiger partial charge in [-0.3, -0.25) is 14.6 Å². The minimum Gasteiger partial charge on any atom is -0.352 e. The monoisotopic (exact) mass is 309 g/mol. The van der Waals surface area contributed by atoms with Crippen molar-refractivity contribution in [2.75, 3.05) is 13.6 Å². The van der Waals surface area contributed by atoms with E-state index in [4.69, 9.17) is 0 Å². The molecule has 5 nitrogen and oxygen atoms in total. The van der Waals surface area contributed by atoms with Gasteiger partial charge in [-0.2, -0.15) is 0 Å². The van der Waals surface area contributed by atoms with Crippen molar-refractivity contribution < 1.29 is 9.59 Å². The highest BCUT2D eigenvalue weighted by atomic mass is 16.2. The number of pyridine rings is 1. The number of nitrogens with one attached hydrogen (secondary N) is 1. The summed E-state index contributed by atoms with van der Waals surface area (Å²) in [5.41, 5.74) is 3.19. The Morgan fingerprint density at radius 3 is 2.70 bits per heavy atom. The molecule has 2 aromatic rings. The molecule has 3 rings (SSSR count). The lowest BCUT2D eigenvalue weighted by atomic mass is 10.0. The molecule has 1 saturated heterocycles. The molecule has 2 amide bonds. The highest BCUT2D eigenvalue weighted by molar-refractivity contribution is 5.89. The summed E-state index contributed by atoms with van der Waals surface area (Å²) in [4.78, 5) is 29.4. The van der Waals surface area contributed by atoms with Crippen LogP contribution in [0, 0.1) is 5.92 Å². The number of likely N-dealkylation sites (tertiary alicyclic amines) is 1. The first-order valence-corrected chi connectivity index (χ1v) is 7.65. The van der Waals surface area contributed by atoms with E-state index in [9.17, 15) is 9.59 Å². The van der Waals surface area contributed by atoms with E-state index in [1.54, 1.807) is 24.3 Å². The van der Waals surface area contributed by atoms with Crippen LogP contribution in [0.15, 0.2) is 48.8 Å². The molecule has 0 spiro atoms. The molecule has 1 N–H and O–H groups in total. The second-order valence-corrected chi connectivity index (χ2v) is 5.79. The Morgan fingerprint density at radius 2 is 2.00 bits per heavy atom. The van der Waals surface area contributed by atoms with Gasteiger partial charge in [0.2, 0.25) is 11.8 Å². The molecule has 2 heterocycles. The third-order valence-corrected chi connectivity index (χ3v) is 4.17. The molecule has 1 aliphatic rings. The summed E-state index contributed by atoms with van der Waals surface area (Å²) in [5, 5.41) is 2.96. The third-order valence-electron chi connectivity index (χ3n) is 4.17. The maximum absolute atomic E-state index is 12.3. The highest BCUT2D eigenvalue weighted by Crippen LogP contribution is 2.23. The molecule has 1 aliphatic heterocycles. The Kier molecular flexibility index (Phi) is 4.37. The van der Waals surface area contributed by atoms with Gasteiger partial charge in [-0.05, 0) is 28.8 Å². The second kappa shape index (κ2) is 6.60. The molecule has 1 fully saturated rings. The molecule has 0 radical (unpaired) electrons. The number of rotatable bonds is 4. The molecule has 1 unspecified atom stereocenters. The lowest BCUT2D eigenvalue weighted by Crippen LogP contribution is -2.31. The van der Waals surface area contributed by atoms with E-state index < -0.39 is 0 Å². The van der Waals surface area contributed by atoms with Gasteiger partial charge in [0.25, 0.3) is 0 Å². The molecular formula is C18H19N3O2. The van der Waals surface area contributed by atoms with Crippen molar-refractivity contribution in [3.63, 3.8) is 0 Å². The molecule has 1 atom stereocenters. The summed E-state index contributed by atoms with van der Waals surface area (Å²) in [6.45, 7) is 0.947. The maximum Gasteiger partial charge on any atom is 0.225 e. The number of benzene rings is 1. The SMILES string of the molecule is CN1CC(C(=O)NCc2ccccc2-c2ccncc2)CC1=O. The number of hydrogen-bond acceptors (Lipinski definition) is 3. The van der Waals surface area contributed by atoms with Gasteiger partial charge in [-0.25, -0.2) is 0 Å². The first-order chi connectivity index (χ1) is 11.1. The Bertz CT molecular complexity index is 715. The third kappa shape index (κ3) is 3.39. The van der Waals surface area contributed by atoms with Crippen molar-refractivity contribution in [3.8, 4) is 11.1 Å². The fourth-order valence-electron chi connectivity index (χ4n) is 2.85. The average molecular weight is 309 g/mol. The number of nitrogens with zero attached hydrogens (tertiary/aromatic N) is 2. The minimum absolute atomic E-state index is 0.0299. The van der Waals surface area contributed by atoms with Gasteiger partial charge < -0.3 is 10.2 Å². The zero-order valence-corrected chi connectivity index (χ0v) is 13.0. The van der Waals surface area contributed by atoms with Crippen LogP contribution in [-0.2, 0) is 16.1 Å². The van der Waals surface area contributed by atoms with Crippen molar-refractivity contribution in [2.45, 2.75) is 13.0 Å². The largest absolute Gasteiger partial charge is 0.352 e. The zero-order valence-electron chi connectivity index (χ0n) is 13.0. The van der Waals surface area contributed by atoms with Crippen LogP contribution in [0.1, 0.15) is 12.0 Å². The van der Waals surface area contributed by atoms with E-state index >= 15 is 0 Å². The molecule has 118 valence electrons. The molecule has 1 aromatic heterocycles. The van der Waals surface area contributed by atoms with Crippen LogP contribution in [0.3, 0.4) is 0 Å². The van der Waals surface area contributed by atoms with E-state index in [2.05, 4.69) is 10.3 Å². The molecule has 23 heavy (non-hydrogen) atoms. The predicted octanol–water partition coefficient (Wildman–Crippen LogP) is 1.84. The molecule has 0 bridgehead atoms. The summed E-state index contributed by atoms with van der Waals surface area (Å²) in [6, 6.07) is 11.9. The Morgan fingerprint density at radius 1 is 1.26 bits per heavy atom. The number of aromatic nitrogens is 1. The van der Waals surface area contributed by atoms with Gasteiger partial charge in [0.05, 0.1) is 5.92 Å². The number of carbonyl (C=O) groups excluding carboxylic acids is 2. The van der Waals surface area contributed by atoms with Crippen LogP contribution in [-0.4, -0.2) is 35.3 Å². The number of hydrogen-bond donors (Lipinski definition) is 1. The Hall–Kier alpha value is -2.69. The van der Waals surface area contributed by atoms with Gasteiger partial charge in [-0.15, -0.1) is 0 Å².